The molecule has 1 aliphatic heterocycles. The highest BCUT2D eigenvalue weighted by molar-refractivity contribution is 5.33. The van der Waals surface area contributed by atoms with Crippen molar-refractivity contribution in [2.24, 2.45) is 0 Å². The first-order valence-electron chi connectivity index (χ1n) is 7.58. The van der Waals surface area contributed by atoms with E-state index in [1.165, 1.54) is 5.56 Å². The first kappa shape index (κ1) is 15.3. The lowest BCUT2D eigenvalue weighted by Crippen LogP contribution is -2.25. The summed E-state index contributed by atoms with van der Waals surface area (Å²) in [6.45, 7) is 10.1. The molecule has 0 aromatic heterocycles. The van der Waals surface area contributed by atoms with Crippen LogP contribution in [-0.4, -0.2) is 24.4 Å². The van der Waals surface area contributed by atoms with Crippen LogP contribution in [0, 0.1) is 0 Å². The zero-order valence-corrected chi connectivity index (χ0v) is 13.1. The molecule has 1 aromatic rings. The summed E-state index contributed by atoms with van der Waals surface area (Å²) in [6, 6.07) is 8.70. The van der Waals surface area contributed by atoms with E-state index in [0.717, 1.165) is 25.1 Å². The number of ether oxygens (including phenoxy) is 2. The van der Waals surface area contributed by atoms with Gasteiger partial charge >= 0.3 is 0 Å². The van der Waals surface area contributed by atoms with E-state index < -0.39 is 0 Å². The average molecular weight is 277 g/mol. The second-order valence-corrected chi connectivity index (χ2v) is 6.49. The van der Waals surface area contributed by atoms with Crippen molar-refractivity contribution in [1.29, 1.82) is 0 Å². The van der Waals surface area contributed by atoms with Crippen molar-refractivity contribution in [3.63, 3.8) is 0 Å². The summed E-state index contributed by atoms with van der Waals surface area (Å²) >= 11 is 0. The zero-order chi connectivity index (χ0) is 14.6. The second-order valence-electron chi connectivity index (χ2n) is 6.49. The monoisotopic (exact) mass is 277 g/mol. The fourth-order valence-corrected chi connectivity index (χ4v) is 2.48. The third kappa shape index (κ3) is 4.50. The maximum absolute atomic E-state index is 5.98. The Labute approximate surface area is 122 Å². The lowest BCUT2D eigenvalue weighted by molar-refractivity contribution is -0.0327. The van der Waals surface area contributed by atoms with E-state index in [1.54, 1.807) is 0 Å². The van der Waals surface area contributed by atoms with Gasteiger partial charge in [-0.25, -0.2) is 0 Å². The van der Waals surface area contributed by atoms with Crippen LogP contribution in [0.5, 0.6) is 5.75 Å². The topological polar surface area (TPSA) is 30.5 Å². The van der Waals surface area contributed by atoms with Crippen molar-refractivity contribution < 1.29 is 9.47 Å². The van der Waals surface area contributed by atoms with Gasteiger partial charge in [0, 0.05) is 18.2 Å². The first-order chi connectivity index (χ1) is 9.46. The van der Waals surface area contributed by atoms with Gasteiger partial charge in [0.15, 0.2) is 0 Å². The van der Waals surface area contributed by atoms with Crippen LogP contribution in [0.4, 0.5) is 0 Å². The third-order valence-corrected chi connectivity index (χ3v) is 3.65. The smallest absolute Gasteiger partial charge is 0.123 e. The molecule has 1 unspecified atom stereocenters. The van der Waals surface area contributed by atoms with Crippen LogP contribution in [0.15, 0.2) is 24.3 Å². The summed E-state index contributed by atoms with van der Waals surface area (Å²) < 4.78 is 11.9. The number of para-hydroxylation sites is 1. The van der Waals surface area contributed by atoms with Crippen molar-refractivity contribution in [2.75, 3.05) is 6.61 Å². The van der Waals surface area contributed by atoms with E-state index in [-0.39, 0.29) is 11.7 Å². The number of hydrogen-bond donors (Lipinski definition) is 1. The highest BCUT2D eigenvalue weighted by Gasteiger charge is 2.31. The van der Waals surface area contributed by atoms with Gasteiger partial charge in [-0.2, -0.15) is 0 Å². The van der Waals surface area contributed by atoms with Gasteiger partial charge in [0.25, 0.3) is 0 Å². The fraction of sp³-hybridized carbons (Fsp3) is 0.647. The number of hydrogen-bond acceptors (Lipinski definition) is 3. The Kier molecular flexibility index (Phi) is 5.06. The third-order valence-electron chi connectivity index (χ3n) is 3.65. The van der Waals surface area contributed by atoms with Gasteiger partial charge in [0.2, 0.25) is 0 Å². The van der Waals surface area contributed by atoms with Gasteiger partial charge in [-0.1, -0.05) is 32.0 Å². The minimum Gasteiger partial charge on any atom is -0.491 e. The Bertz CT molecular complexity index is 429. The highest BCUT2D eigenvalue weighted by Crippen LogP contribution is 2.30. The number of benzene rings is 1. The molecule has 3 heteroatoms. The van der Waals surface area contributed by atoms with Crippen molar-refractivity contribution in [3.05, 3.63) is 29.8 Å². The van der Waals surface area contributed by atoms with Crippen LogP contribution in [0.3, 0.4) is 0 Å². The standard InChI is InChI=1S/C17H27NO2/c1-13(2)18-11-14-7-5-6-8-16(14)19-12-15-9-10-17(3,4)20-15/h5-8,13,15,18H,9-12H2,1-4H3. The van der Waals surface area contributed by atoms with E-state index in [9.17, 15) is 0 Å². The van der Waals surface area contributed by atoms with Gasteiger partial charge in [0.05, 0.1) is 11.7 Å². The molecule has 1 fully saturated rings. The molecule has 1 aliphatic rings. The van der Waals surface area contributed by atoms with Crippen molar-refractivity contribution in [2.45, 2.75) is 64.8 Å². The van der Waals surface area contributed by atoms with Gasteiger partial charge in [-0.15, -0.1) is 0 Å². The van der Waals surface area contributed by atoms with Gasteiger partial charge in [0.1, 0.15) is 12.4 Å². The summed E-state index contributed by atoms with van der Waals surface area (Å²) in [7, 11) is 0. The molecule has 112 valence electrons. The van der Waals surface area contributed by atoms with Crippen LogP contribution in [0.2, 0.25) is 0 Å². The molecule has 0 bridgehead atoms. The van der Waals surface area contributed by atoms with Crippen molar-refractivity contribution in [1.82, 2.24) is 5.32 Å². The Balaban J connectivity index is 1.89. The fourth-order valence-electron chi connectivity index (χ4n) is 2.48. The molecule has 1 saturated heterocycles. The van der Waals surface area contributed by atoms with Gasteiger partial charge in [-0.05, 0) is 32.8 Å². The van der Waals surface area contributed by atoms with E-state index >= 15 is 0 Å². The molecule has 3 nitrogen and oxygen atoms in total. The Hall–Kier alpha value is -1.06. The molecule has 0 aliphatic carbocycles. The summed E-state index contributed by atoms with van der Waals surface area (Å²) in [5, 5.41) is 3.43. The lowest BCUT2D eigenvalue weighted by atomic mass is 10.1. The zero-order valence-electron chi connectivity index (χ0n) is 13.1. The largest absolute Gasteiger partial charge is 0.491 e. The summed E-state index contributed by atoms with van der Waals surface area (Å²) in [5.41, 5.74) is 1.21. The highest BCUT2D eigenvalue weighted by atomic mass is 16.6. The molecule has 1 heterocycles. The number of rotatable bonds is 6. The molecule has 0 spiro atoms. The van der Waals surface area contributed by atoms with Crippen LogP contribution in [0.25, 0.3) is 0 Å². The van der Waals surface area contributed by atoms with E-state index in [1.807, 2.05) is 12.1 Å². The van der Waals surface area contributed by atoms with Crippen molar-refractivity contribution >= 4 is 0 Å². The molecule has 0 radical (unpaired) electrons. The molecule has 1 N–H and O–H groups in total. The van der Waals surface area contributed by atoms with Crippen LogP contribution >= 0.6 is 0 Å². The van der Waals surface area contributed by atoms with Crippen LogP contribution in [0.1, 0.15) is 46.1 Å². The first-order valence-corrected chi connectivity index (χ1v) is 7.58. The Morgan fingerprint density at radius 1 is 1.35 bits per heavy atom. The number of nitrogens with one attached hydrogen (secondary N) is 1. The Morgan fingerprint density at radius 2 is 2.10 bits per heavy atom. The maximum atomic E-state index is 5.98. The summed E-state index contributed by atoms with van der Waals surface area (Å²) in [5.74, 6) is 0.967. The van der Waals surface area contributed by atoms with Gasteiger partial charge < -0.3 is 14.8 Å². The molecule has 0 amide bonds. The molecule has 2 rings (SSSR count). The molecule has 1 atom stereocenters. The van der Waals surface area contributed by atoms with Gasteiger partial charge in [-0.3, -0.25) is 0 Å². The van der Waals surface area contributed by atoms with E-state index in [2.05, 4.69) is 45.1 Å². The molecule has 20 heavy (non-hydrogen) atoms. The van der Waals surface area contributed by atoms with E-state index in [4.69, 9.17) is 9.47 Å². The minimum atomic E-state index is 0.00669. The molecule has 1 aromatic carbocycles. The SMILES string of the molecule is CC(C)NCc1ccccc1OCC1CCC(C)(C)O1. The predicted octanol–water partition coefficient (Wildman–Crippen LogP) is 3.52. The normalized spacial score (nSPS) is 21.4. The quantitative estimate of drug-likeness (QED) is 0.863. The molecular formula is C17H27NO2. The second kappa shape index (κ2) is 6.59. The Morgan fingerprint density at radius 3 is 2.75 bits per heavy atom. The minimum absolute atomic E-state index is 0.00669. The van der Waals surface area contributed by atoms with E-state index in [0.29, 0.717) is 12.6 Å². The van der Waals surface area contributed by atoms with Crippen LogP contribution in [-0.2, 0) is 11.3 Å². The van der Waals surface area contributed by atoms with Crippen LogP contribution < -0.4 is 10.1 Å². The average Bonchev–Trinajstić information content (AvgIpc) is 2.74. The maximum Gasteiger partial charge on any atom is 0.123 e. The van der Waals surface area contributed by atoms with Crippen molar-refractivity contribution in [3.8, 4) is 5.75 Å². The molecular weight excluding hydrogens is 250 g/mol. The lowest BCUT2D eigenvalue weighted by Gasteiger charge is -2.20. The summed E-state index contributed by atoms with van der Waals surface area (Å²) in [4.78, 5) is 0. The molecule has 0 saturated carbocycles. The summed E-state index contributed by atoms with van der Waals surface area (Å²) in [6.07, 6.45) is 2.41. The predicted molar refractivity (Wildman–Crippen MR) is 82.1 cm³/mol.